The second-order valence-electron chi connectivity index (χ2n) is 11.8. The van der Waals surface area contributed by atoms with Crippen molar-refractivity contribution in [1.29, 1.82) is 0 Å². The third kappa shape index (κ3) is 6.04. The number of ether oxygens (including phenoxy) is 1. The summed E-state index contributed by atoms with van der Waals surface area (Å²) in [5, 5.41) is 9.36. The zero-order chi connectivity index (χ0) is 28.9. The van der Waals surface area contributed by atoms with Crippen molar-refractivity contribution < 1.29 is 45.0 Å². The van der Waals surface area contributed by atoms with Crippen LogP contribution in [0, 0.1) is 11.3 Å². The predicted molar refractivity (Wildman–Crippen MR) is 133 cm³/mol. The molecule has 2 aliphatic rings. The van der Waals surface area contributed by atoms with Gasteiger partial charge in [0.15, 0.2) is 9.84 Å². The first-order valence-electron chi connectivity index (χ1n) is 12.7. The van der Waals surface area contributed by atoms with Crippen molar-refractivity contribution in [2.45, 2.75) is 101 Å². The molecule has 12 heteroatoms. The Bertz CT molecular complexity index is 1150. The van der Waals surface area contributed by atoms with Crippen molar-refractivity contribution in [3.63, 3.8) is 0 Å². The van der Waals surface area contributed by atoms with Crippen molar-refractivity contribution in [3.8, 4) is 5.75 Å². The Balaban J connectivity index is 2.23. The normalized spacial score (nSPS) is 22.2. The molecule has 1 atom stereocenters. The minimum atomic E-state index is -4.92. The maximum absolute atomic E-state index is 14.2. The molecule has 1 aromatic carbocycles. The highest BCUT2D eigenvalue weighted by Crippen LogP contribution is 2.50. The highest BCUT2D eigenvalue weighted by atomic mass is 32.2. The van der Waals surface area contributed by atoms with Crippen LogP contribution in [0.1, 0.15) is 78.7 Å². The van der Waals surface area contributed by atoms with Gasteiger partial charge in [-0.2, -0.15) is 13.2 Å². The number of hydrogen-bond donors (Lipinski definition) is 1. The highest BCUT2D eigenvalue weighted by Gasteiger charge is 2.50. The molecule has 216 valence electrons. The number of carbonyl (C=O) groups is 1. The van der Waals surface area contributed by atoms with Crippen LogP contribution in [-0.2, 0) is 20.8 Å². The fourth-order valence-corrected chi connectivity index (χ4v) is 7.05. The standard InChI is InChI=1S/C26H36F5NO5S/c1-23(2,22(33)34)15-37-20-13-21-19(12-18(20)26(29,30)31)32(17-8-6-7-9-17)14-16(10-11-25(5,27)28)24(3,4)38(21,35)36/h12-13,16-17H,6-11,14-15H2,1-5H3,(H,33,34)/t16-/m1/s1. The van der Waals surface area contributed by atoms with E-state index in [2.05, 4.69) is 0 Å². The number of hydrogen-bond acceptors (Lipinski definition) is 5. The predicted octanol–water partition coefficient (Wildman–Crippen LogP) is 6.56. The maximum atomic E-state index is 14.2. The smallest absolute Gasteiger partial charge is 0.420 e. The van der Waals surface area contributed by atoms with Crippen molar-refractivity contribution in [2.24, 2.45) is 11.3 Å². The van der Waals surface area contributed by atoms with E-state index in [1.807, 2.05) is 0 Å². The van der Waals surface area contributed by atoms with Crippen molar-refractivity contribution >= 4 is 21.5 Å². The number of nitrogens with zero attached hydrogens (tertiary/aromatic N) is 1. The van der Waals surface area contributed by atoms with E-state index in [1.165, 1.54) is 27.7 Å². The molecule has 1 aromatic rings. The van der Waals surface area contributed by atoms with Gasteiger partial charge >= 0.3 is 12.1 Å². The molecule has 0 unspecified atom stereocenters. The Kier molecular flexibility index (Phi) is 8.11. The fraction of sp³-hybridized carbons (Fsp3) is 0.731. The van der Waals surface area contributed by atoms with Gasteiger partial charge in [0, 0.05) is 25.1 Å². The molecule has 6 nitrogen and oxygen atoms in total. The first kappa shape index (κ1) is 30.4. The molecule has 3 rings (SSSR count). The summed E-state index contributed by atoms with van der Waals surface area (Å²) < 4.78 is 102. The molecule has 1 heterocycles. The van der Waals surface area contributed by atoms with Gasteiger partial charge in [0.05, 0.1) is 26.3 Å². The molecule has 0 radical (unpaired) electrons. The lowest BCUT2D eigenvalue weighted by molar-refractivity contribution is -0.148. The molecule has 0 amide bonds. The number of aliphatic carboxylic acids is 1. The quantitative estimate of drug-likeness (QED) is 0.357. The first-order valence-corrected chi connectivity index (χ1v) is 14.2. The van der Waals surface area contributed by atoms with Crippen molar-refractivity contribution in [2.75, 3.05) is 18.1 Å². The van der Waals surface area contributed by atoms with Gasteiger partial charge in [-0.05, 0) is 65.9 Å². The number of benzene rings is 1. The summed E-state index contributed by atoms with van der Waals surface area (Å²) in [6.45, 7) is 5.55. The minimum absolute atomic E-state index is 0.0174. The molecule has 0 saturated heterocycles. The van der Waals surface area contributed by atoms with Gasteiger partial charge in [0.1, 0.15) is 12.4 Å². The Morgan fingerprint density at radius 1 is 1.11 bits per heavy atom. The Hall–Kier alpha value is -2.11. The van der Waals surface area contributed by atoms with Crippen LogP contribution in [0.15, 0.2) is 17.0 Å². The summed E-state index contributed by atoms with van der Waals surface area (Å²) >= 11 is 0. The lowest BCUT2D eigenvalue weighted by Crippen LogP contribution is -2.45. The number of sulfone groups is 1. The minimum Gasteiger partial charge on any atom is -0.492 e. The Morgan fingerprint density at radius 2 is 1.68 bits per heavy atom. The highest BCUT2D eigenvalue weighted by molar-refractivity contribution is 7.93. The number of carboxylic acid groups (broad SMARTS) is 1. The molecule has 1 fully saturated rings. The van der Waals surface area contributed by atoms with Gasteiger partial charge in [-0.3, -0.25) is 4.79 Å². The monoisotopic (exact) mass is 569 g/mol. The van der Waals surface area contributed by atoms with E-state index >= 15 is 0 Å². The SMILES string of the molecule is CC(F)(F)CC[C@@H]1CN(C2CCCC2)c2cc(C(F)(F)F)c(OCC(C)(C)C(=O)O)cc2S(=O)(=O)C1(C)C. The van der Waals surface area contributed by atoms with Crippen LogP contribution in [0.25, 0.3) is 0 Å². The number of halogens is 5. The second-order valence-corrected chi connectivity index (χ2v) is 14.3. The van der Waals surface area contributed by atoms with Gasteiger partial charge in [0.2, 0.25) is 5.92 Å². The fourth-order valence-electron chi connectivity index (χ4n) is 5.14. The van der Waals surface area contributed by atoms with Crippen LogP contribution in [0.2, 0.25) is 0 Å². The summed E-state index contributed by atoms with van der Waals surface area (Å²) in [4.78, 5) is 12.8. The Morgan fingerprint density at radius 3 is 2.18 bits per heavy atom. The first-order chi connectivity index (χ1) is 17.2. The molecule has 1 aliphatic heterocycles. The van der Waals surface area contributed by atoms with Gasteiger partial charge in [-0.1, -0.05) is 12.8 Å². The molecular weight excluding hydrogens is 533 g/mol. The molecule has 1 saturated carbocycles. The summed E-state index contributed by atoms with van der Waals surface area (Å²) in [5.74, 6) is -5.89. The molecule has 0 spiro atoms. The molecule has 1 N–H and O–H groups in total. The van der Waals surface area contributed by atoms with E-state index in [0.29, 0.717) is 12.8 Å². The van der Waals surface area contributed by atoms with Crippen LogP contribution < -0.4 is 9.64 Å². The van der Waals surface area contributed by atoms with E-state index in [4.69, 9.17) is 4.74 Å². The van der Waals surface area contributed by atoms with Gasteiger partial charge in [-0.25, -0.2) is 17.2 Å². The maximum Gasteiger partial charge on any atom is 0.420 e. The van der Waals surface area contributed by atoms with Crippen molar-refractivity contribution in [1.82, 2.24) is 0 Å². The van der Waals surface area contributed by atoms with Crippen LogP contribution in [0.3, 0.4) is 0 Å². The third-order valence-corrected chi connectivity index (χ3v) is 10.5. The Labute approximate surface area is 220 Å². The number of carboxylic acids is 1. The average molecular weight is 570 g/mol. The van der Waals surface area contributed by atoms with Crippen LogP contribution in [-0.4, -0.2) is 49.4 Å². The number of alkyl halides is 5. The molecule has 1 aliphatic carbocycles. The van der Waals surface area contributed by atoms with Gasteiger partial charge in [-0.15, -0.1) is 0 Å². The van der Waals surface area contributed by atoms with Crippen LogP contribution >= 0.6 is 0 Å². The van der Waals surface area contributed by atoms with E-state index in [-0.39, 0.29) is 29.6 Å². The second kappa shape index (κ2) is 10.1. The lowest BCUT2D eigenvalue weighted by Gasteiger charge is -2.37. The largest absolute Gasteiger partial charge is 0.492 e. The summed E-state index contributed by atoms with van der Waals surface area (Å²) in [7, 11) is -4.34. The van der Waals surface area contributed by atoms with E-state index in [1.54, 1.807) is 4.90 Å². The summed E-state index contributed by atoms with van der Waals surface area (Å²) in [5.41, 5.74) is -2.87. The summed E-state index contributed by atoms with van der Waals surface area (Å²) in [6, 6.07) is 1.37. The third-order valence-electron chi connectivity index (χ3n) is 7.92. The van der Waals surface area contributed by atoms with Gasteiger partial charge in [0.25, 0.3) is 0 Å². The zero-order valence-electron chi connectivity index (χ0n) is 22.3. The number of anilines is 1. The lowest BCUT2D eigenvalue weighted by atomic mass is 9.88. The van der Waals surface area contributed by atoms with Crippen molar-refractivity contribution in [3.05, 3.63) is 17.7 Å². The van der Waals surface area contributed by atoms with Crippen LogP contribution in [0.5, 0.6) is 5.75 Å². The van der Waals surface area contributed by atoms with E-state index in [0.717, 1.165) is 31.9 Å². The van der Waals surface area contributed by atoms with E-state index < -0.39 is 68.3 Å². The van der Waals surface area contributed by atoms with Crippen LogP contribution in [0.4, 0.5) is 27.6 Å². The molecular formula is C26H36F5NO5S. The average Bonchev–Trinajstić information content (AvgIpc) is 3.28. The topological polar surface area (TPSA) is 83.9 Å². The molecule has 0 aromatic heterocycles. The van der Waals surface area contributed by atoms with Gasteiger partial charge < -0.3 is 14.7 Å². The number of rotatable bonds is 8. The van der Waals surface area contributed by atoms with E-state index in [9.17, 15) is 40.3 Å². The number of fused-ring (bicyclic) bond motifs is 1. The zero-order valence-corrected chi connectivity index (χ0v) is 23.1. The molecule has 38 heavy (non-hydrogen) atoms. The molecule has 0 bridgehead atoms. The summed E-state index contributed by atoms with van der Waals surface area (Å²) in [6.07, 6.45) is -2.68.